The van der Waals surface area contributed by atoms with E-state index in [1.165, 1.54) is 44.2 Å². The molecule has 0 spiro atoms. The lowest BCUT2D eigenvalue weighted by atomic mass is 10.3. The molecule has 0 saturated carbocycles. The Morgan fingerprint density at radius 1 is 1.10 bits per heavy atom. The Kier molecular flexibility index (Phi) is 3.31. The molecule has 2 aromatic rings. The molecule has 2 aliphatic rings. The summed E-state index contributed by atoms with van der Waals surface area (Å²) in [5.41, 5.74) is 2.42. The smallest absolute Gasteiger partial charge is 0.206 e. The number of benzene rings is 1. The van der Waals surface area contributed by atoms with Crippen LogP contribution in [0.15, 0.2) is 24.3 Å². The van der Waals surface area contributed by atoms with Gasteiger partial charge in [-0.3, -0.25) is 0 Å². The third kappa shape index (κ3) is 2.40. The summed E-state index contributed by atoms with van der Waals surface area (Å²) >= 11 is 0. The molecule has 1 aromatic heterocycles. The highest BCUT2D eigenvalue weighted by Crippen LogP contribution is 2.26. The number of aromatic nitrogens is 2. The highest BCUT2D eigenvalue weighted by Gasteiger charge is 2.25. The number of hydrogen-bond acceptors (Lipinski definition) is 2. The van der Waals surface area contributed by atoms with Gasteiger partial charge in [0.25, 0.3) is 0 Å². The fourth-order valence-corrected chi connectivity index (χ4v) is 3.63. The van der Waals surface area contributed by atoms with Gasteiger partial charge in [-0.25, -0.2) is 4.98 Å². The third-order valence-corrected chi connectivity index (χ3v) is 5.06. The second-order valence-corrected chi connectivity index (χ2v) is 6.50. The van der Waals surface area contributed by atoms with Gasteiger partial charge in [0.05, 0.1) is 31.2 Å². The minimum Gasteiger partial charge on any atom is -0.335 e. The van der Waals surface area contributed by atoms with Crippen molar-refractivity contribution < 1.29 is 9.80 Å². The number of fused-ring (bicyclic) bond motifs is 3. The Labute approximate surface area is 125 Å². The van der Waals surface area contributed by atoms with Crippen LogP contribution in [0.5, 0.6) is 0 Å². The summed E-state index contributed by atoms with van der Waals surface area (Å²) in [6, 6.07) is 8.49. The molecule has 1 fully saturated rings. The van der Waals surface area contributed by atoms with Crippen LogP contribution < -0.4 is 14.7 Å². The van der Waals surface area contributed by atoms with Gasteiger partial charge in [0.2, 0.25) is 5.95 Å². The number of nitrogens with zero attached hydrogens (tertiary/aromatic N) is 3. The monoisotopic (exact) mass is 287 g/mol. The number of rotatable bonds is 3. The van der Waals surface area contributed by atoms with E-state index in [2.05, 4.69) is 40.8 Å². The molecule has 1 saturated heterocycles. The number of nitrogens with one attached hydrogen (secondary N) is 2. The molecule has 1 aromatic carbocycles. The van der Waals surface area contributed by atoms with Gasteiger partial charge in [-0.05, 0) is 12.1 Å². The van der Waals surface area contributed by atoms with Gasteiger partial charge in [-0.2, -0.15) is 0 Å². The predicted octanol–water partition coefficient (Wildman–Crippen LogP) is -1.73. The molecule has 0 unspecified atom stereocenters. The minimum atomic E-state index is 1.08. The fourth-order valence-electron chi connectivity index (χ4n) is 3.63. The van der Waals surface area contributed by atoms with Gasteiger partial charge in [0.1, 0.15) is 26.2 Å². The van der Waals surface area contributed by atoms with E-state index in [4.69, 9.17) is 4.98 Å². The maximum absolute atomic E-state index is 4.83. The Bertz CT molecular complexity index is 627. The molecule has 0 bridgehead atoms. The Morgan fingerprint density at radius 2 is 1.90 bits per heavy atom. The van der Waals surface area contributed by atoms with Crippen molar-refractivity contribution >= 4 is 17.0 Å². The van der Waals surface area contributed by atoms with Crippen LogP contribution in [0.4, 0.5) is 5.95 Å². The Morgan fingerprint density at radius 3 is 2.76 bits per heavy atom. The molecule has 2 N–H and O–H groups in total. The van der Waals surface area contributed by atoms with Crippen LogP contribution in [0.25, 0.3) is 11.0 Å². The van der Waals surface area contributed by atoms with E-state index in [0.29, 0.717) is 0 Å². The van der Waals surface area contributed by atoms with Crippen LogP contribution >= 0.6 is 0 Å². The van der Waals surface area contributed by atoms with E-state index in [-0.39, 0.29) is 0 Å². The van der Waals surface area contributed by atoms with E-state index < -0.39 is 0 Å². The lowest BCUT2D eigenvalue weighted by molar-refractivity contribution is -1.00. The van der Waals surface area contributed by atoms with Crippen molar-refractivity contribution in [1.82, 2.24) is 9.55 Å². The second kappa shape index (κ2) is 5.31. The van der Waals surface area contributed by atoms with Crippen LogP contribution in [-0.4, -0.2) is 62.4 Å². The number of anilines is 1. The van der Waals surface area contributed by atoms with Gasteiger partial charge in [-0.15, -0.1) is 0 Å². The van der Waals surface area contributed by atoms with E-state index in [9.17, 15) is 0 Å². The van der Waals surface area contributed by atoms with Crippen LogP contribution in [0.3, 0.4) is 0 Å². The minimum absolute atomic E-state index is 1.08. The molecule has 0 atom stereocenters. The predicted molar refractivity (Wildman–Crippen MR) is 84.1 cm³/mol. The molecule has 21 heavy (non-hydrogen) atoms. The number of likely N-dealkylation sites (N-methyl/N-ethyl adjacent to an activating group) is 1. The zero-order valence-electron chi connectivity index (χ0n) is 12.8. The van der Waals surface area contributed by atoms with Gasteiger partial charge in [0, 0.05) is 13.1 Å². The summed E-state index contributed by atoms with van der Waals surface area (Å²) in [5.74, 6) is 1.18. The van der Waals surface area contributed by atoms with Crippen molar-refractivity contribution in [2.24, 2.45) is 0 Å². The summed E-state index contributed by atoms with van der Waals surface area (Å²) < 4.78 is 2.37. The Balaban J connectivity index is 1.44. The van der Waals surface area contributed by atoms with Crippen LogP contribution in [0, 0.1) is 0 Å². The normalized spacial score (nSPS) is 25.5. The topological polar surface area (TPSA) is 29.9 Å². The van der Waals surface area contributed by atoms with E-state index in [0.717, 1.165) is 25.2 Å². The van der Waals surface area contributed by atoms with Crippen molar-refractivity contribution in [1.29, 1.82) is 0 Å². The molecule has 2 aliphatic heterocycles. The molecule has 0 amide bonds. The molecule has 5 nitrogen and oxygen atoms in total. The summed E-state index contributed by atoms with van der Waals surface area (Å²) in [6.45, 7) is 9.84. The molecule has 5 heteroatoms. The first-order valence-corrected chi connectivity index (χ1v) is 8.16. The third-order valence-electron chi connectivity index (χ3n) is 5.06. The van der Waals surface area contributed by atoms with Gasteiger partial charge in [0.15, 0.2) is 0 Å². The summed E-state index contributed by atoms with van der Waals surface area (Å²) in [6.07, 6.45) is 0. The first-order chi connectivity index (χ1) is 10.3. The largest absolute Gasteiger partial charge is 0.335 e. The fraction of sp³-hybridized carbons (Fsp3) is 0.562. The van der Waals surface area contributed by atoms with Crippen molar-refractivity contribution in [2.75, 3.05) is 57.8 Å². The molecule has 0 radical (unpaired) electrons. The molecule has 112 valence electrons. The molecular formula is C16H25N5+2. The van der Waals surface area contributed by atoms with Crippen LogP contribution in [0.2, 0.25) is 0 Å². The average molecular weight is 287 g/mol. The van der Waals surface area contributed by atoms with E-state index in [1.807, 2.05) is 0 Å². The van der Waals surface area contributed by atoms with Gasteiger partial charge < -0.3 is 19.3 Å². The van der Waals surface area contributed by atoms with E-state index in [1.54, 1.807) is 9.80 Å². The number of para-hydroxylation sites is 2. The standard InChI is InChI=1S/C16H23N5/c1-18-6-8-19(9-7-18)10-11-20-12-13-21-15-5-3-2-4-14(15)17-16(20)21/h2-5H,6-13H2,1H3/p+2. The van der Waals surface area contributed by atoms with E-state index >= 15 is 0 Å². The molecule has 0 aliphatic carbocycles. The average Bonchev–Trinajstić information content (AvgIpc) is 3.06. The van der Waals surface area contributed by atoms with Crippen molar-refractivity contribution in [3.63, 3.8) is 0 Å². The molecule has 4 rings (SSSR count). The number of quaternary nitrogens is 2. The summed E-state index contributed by atoms with van der Waals surface area (Å²) in [4.78, 5) is 10.7. The quantitative estimate of drug-likeness (QED) is 0.703. The van der Waals surface area contributed by atoms with Gasteiger partial charge in [-0.1, -0.05) is 12.1 Å². The summed E-state index contributed by atoms with van der Waals surface area (Å²) in [5, 5.41) is 0. The zero-order valence-corrected chi connectivity index (χ0v) is 12.8. The lowest BCUT2D eigenvalue weighted by Gasteiger charge is -2.28. The highest BCUT2D eigenvalue weighted by atomic mass is 15.4. The second-order valence-electron chi connectivity index (χ2n) is 6.50. The summed E-state index contributed by atoms with van der Waals surface area (Å²) in [7, 11) is 2.31. The first kappa shape index (κ1) is 13.1. The van der Waals surface area contributed by atoms with Crippen molar-refractivity contribution in [2.45, 2.75) is 6.54 Å². The van der Waals surface area contributed by atoms with Crippen molar-refractivity contribution in [3.8, 4) is 0 Å². The molecule has 3 heterocycles. The van der Waals surface area contributed by atoms with Crippen LogP contribution in [0.1, 0.15) is 0 Å². The number of hydrogen-bond donors (Lipinski definition) is 2. The maximum Gasteiger partial charge on any atom is 0.206 e. The first-order valence-electron chi connectivity index (χ1n) is 8.16. The van der Waals surface area contributed by atoms with Crippen molar-refractivity contribution in [3.05, 3.63) is 24.3 Å². The van der Waals surface area contributed by atoms with Crippen LogP contribution in [-0.2, 0) is 6.54 Å². The SMILES string of the molecule is C[NH+]1CC[NH+](CCN2CCn3c2nc2ccccc23)CC1. The lowest BCUT2D eigenvalue weighted by Crippen LogP contribution is -3.27. The zero-order chi connectivity index (χ0) is 14.2. The Hall–Kier alpha value is -1.59. The van der Waals surface area contributed by atoms with Gasteiger partial charge >= 0.3 is 0 Å². The molecular weight excluding hydrogens is 262 g/mol. The maximum atomic E-state index is 4.83. The highest BCUT2D eigenvalue weighted by molar-refractivity contribution is 5.79. The number of piperazine rings is 1. The number of imidazole rings is 1.